The Hall–Kier alpha value is -2.81. The second-order valence-electron chi connectivity index (χ2n) is 6.52. The van der Waals surface area contributed by atoms with Gasteiger partial charge in [0, 0.05) is 32.4 Å². The first-order valence-electron chi connectivity index (χ1n) is 8.97. The fourth-order valence-corrected chi connectivity index (χ4v) is 4.49. The van der Waals surface area contributed by atoms with Crippen molar-refractivity contribution in [3.63, 3.8) is 0 Å². The summed E-state index contributed by atoms with van der Waals surface area (Å²) in [6.07, 6.45) is 1.43. The zero-order valence-electron chi connectivity index (χ0n) is 15.1. The van der Waals surface area contributed by atoms with E-state index in [0.29, 0.717) is 31.7 Å². The summed E-state index contributed by atoms with van der Waals surface area (Å²) in [5.41, 5.74) is 1.89. The molecule has 2 N–H and O–H groups in total. The predicted octanol–water partition coefficient (Wildman–Crippen LogP) is 2.20. The van der Waals surface area contributed by atoms with Gasteiger partial charge in [-0.25, -0.2) is 19.0 Å². The SMILES string of the molecule is O=C(NO)c1ccc(N2CCN(S(=O)c3ccc4ccccc4c3)CC2)nc1. The Morgan fingerprint density at radius 2 is 1.75 bits per heavy atom. The summed E-state index contributed by atoms with van der Waals surface area (Å²) in [5.74, 6) is 0.167. The molecule has 1 amide bonds. The van der Waals surface area contributed by atoms with E-state index in [1.807, 2.05) is 46.8 Å². The van der Waals surface area contributed by atoms with Gasteiger partial charge < -0.3 is 4.90 Å². The molecule has 0 bridgehead atoms. The normalized spacial score (nSPS) is 16.1. The van der Waals surface area contributed by atoms with Gasteiger partial charge in [-0.15, -0.1) is 0 Å². The molecular formula is C20H20N4O3S. The maximum Gasteiger partial charge on any atom is 0.276 e. The number of nitrogens with one attached hydrogen (secondary N) is 1. The van der Waals surface area contributed by atoms with Gasteiger partial charge in [0.15, 0.2) is 0 Å². The van der Waals surface area contributed by atoms with E-state index < -0.39 is 16.9 Å². The predicted molar refractivity (Wildman–Crippen MR) is 108 cm³/mol. The molecule has 1 atom stereocenters. The highest BCUT2D eigenvalue weighted by Crippen LogP contribution is 2.21. The Kier molecular flexibility index (Phi) is 5.34. The number of hydrogen-bond donors (Lipinski definition) is 2. The molecule has 0 saturated carbocycles. The quantitative estimate of drug-likeness (QED) is 0.522. The summed E-state index contributed by atoms with van der Waals surface area (Å²) >= 11 is 0. The van der Waals surface area contributed by atoms with Crippen molar-refractivity contribution in [2.75, 3.05) is 31.1 Å². The highest BCUT2D eigenvalue weighted by molar-refractivity contribution is 7.82. The van der Waals surface area contributed by atoms with Crippen LogP contribution >= 0.6 is 0 Å². The van der Waals surface area contributed by atoms with Crippen molar-refractivity contribution in [2.24, 2.45) is 0 Å². The van der Waals surface area contributed by atoms with Gasteiger partial charge in [-0.05, 0) is 35.0 Å². The maximum absolute atomic E-state index is 13.0. The molecule has 2 aromatic carbocycles. The lowest BCUT2D eigenvalue weighted by Gasteiger charge is -2.34. The van der Waals surface area contributed by atoms with Crippen LogP contribution in [0.5, 0.6) is 0 Å². The smallest absolute Gasteiger partial charge is 0.276 e. The van der Waals surface area contributed by atoms with E-state index in [1.54, 1.807) is 17.6 Å². The third-order valence-corrected chi connectivity index (χ3v) is 6.32. The Bertz CT molecular complexity index is 1020. The second kappa shape index (κ2) is 8.05. The van der Waals surface area contributed by atoms with Crippen LogP contribution in [0, 0.1) is 0 Å². The first kappa shape index (κ1) is 18.5. The van der Waals surface area contributed by atoms with E-state index in [0.717, 1.165) is 21.5 Å². The molecule has 7 nitrogen and oxygen atoms in total. The van der Waals surface area contributed by atoms with Crippen LogP contribution in [0.4, 0.5) is 5.82 Å². The Labute approximate surface area is 165 Å². The molecule has 1 unspecified atom stereocenters. The number of piperazine rings is 1. The number of carbonyl (C=O) groups excluding carboxylic acids is 1. The van der Waals surface area contributed by atoms with Crippen LogP contribution in [0.25, 0.3) is 10.8 Å². The monoisotopic (exact) mass is 396 g/mol. The molecule has 0 spiro atoms. The molecule has 1 fully saturated rings. The molecule has 1 saturated heterocycles. The van der Waals surface area contributed by atoms with Gasteiger partial charge in [-0.3, -0.25) is 10.0 Å². The molecule has 1 aliphatic heterocycles. The molecule has 144 valence electrons. The van der Waals surface area contributed by atoms with Crippen LogP contribution in [0.2, 0.25) is 0 Å². The molecule has 0 radical (unpaired) electrons. The van der Waals surface area contributed by atoms with Gasteiger partial charge in [0.05, 0.1) is 10.5 Å². The fourth-order valence-electron chi connectivity index (χ4n) is 3.28. The number of anilines is 1. The second-order valence-corrected chi connectivity index (χ2v) is 8.01. The third-order valence-electron chi connectivity index (χ3n) is 4.83. The number of pyridine rings is 1. The molecule has 4 rings (SSSR count). The minimum Gasteiger partial charge on any atom is -0.354 e. The minimum atomic E-state index is -1.20. The first-order valence-corrected chi connectivity index (χ1v) is 10.1. The van der Waals surface area contributed by atoms with Crippen molar-refractivity contribution in [3.8, 4) is 0 Å². The fraction of sp³-hybridized carbons (Fsp3) is 0.200. The van der Waals surface area contributed by atoms with E-state index in [4.69, 9.17) is 5.21 Å². The van der Waals surface area contributed by atoms with Crippen LogP contribution in [0.15, 0.2) is 65.7 Å². The van der Waals surface area contributed by atoms with Gasteiger partial charge >= 0.3 is 0 Å². The number of carbonyl (C=O) groups is 1. The average Bonchev–Trinajstić information content (AvgIpc) is 2.78. The van der Waals surface area contributed by atoms with E-state index in [2.05, 4.69) is 9.88 Å². The van der Waals surface area contributed by atoms with Gasteiger partial charge in [-0.1, -0.05) is 30.3 Å². The number of benzene rings is 2. The number of aromatic nitrogens is 1. The lowest BCUT2D eigenvalue weighted by atomic mass is 10.1. The summed E-state index contributed by atoms with van der Waals surface area (Å²) in [5, 5.41) is 10.9. The van der Waals surface area contributed by atoms with Gasteiger partial charge in [0.25, 0.3) is 5.91 Å². The lowest BCUT2D eigenvalue weighted by Crippen LogP contribution is -2.47. The Balaban J connectivity index is 1.41. The zero-order valence-corrected chi connectivity index (χ0v) is 15.9. The van der Waals surface area contributed by atoms with Crippen molar-refractivity contribution < 1.29 is 14.2 Å². The van der Waals surface area contributed by atoms with Gasteiger partial charge in [0.2, 0.25) is 0 Å². The molecule has 28 heavy (non-hydrogen) atoms. The van der Waals surface area contributed by atoms with Crippen molar-refractivity contribution in [2.45, 2.75) is 4.90 Å². The summed E-state index contributed by atoms with van der Waals surface area (Å²) in [6, 6.07) is 17.3. The highest BCUT2D eigenvalue weighted by atomic mass is 32.2. The third kappa shape index (κ3) is 3.75. The van der Waals surface area contributed by atoms with Crippen LogP contribution in [0.1, 0.15) is 10.4 Å². The number of rotatable bonds is 4. The van der Waals surface area contributed by atoms with E-state index >= 15 is 0 Å². The number of amides is 1. The van der Waals surface area contributed by atoms with Gasteiger partial charge in [0.1, 0.15) is 16.8 Å². The molecule has 8 heteroatoms. The first-order chi connectivity index (χ1) is 13.7. The topological polar surface area (TPSA) is 85.8 Å². The largest absolute Gasteiger partial charge is 0.354 e. The van der Waals surface area contributed by atoms with Crippen LogP contribution in [-0.4, -0.2) is 50.8 Å². The van der Waals surface area contributed by atoms with Crippen molar-refractivity contribution in [1.82, 2.24) is 14.8 Å². The Morgan fingerprint density at radius 1 is 1.00 bits per heavy atom. The zero-order chi connectivity index (χ0) is 19.5. The molecular weight excluding hydrogens is 376 g/mol. The molecule has 1 aliphatic rings. The minimum absolute atomic E-state index is 0.294. The number of fused-ring (bicyclic) bond motifs is 1. The van der Waals surface area contributed by atoms with Crippen molar-refractivity contribution in [1.29, 1.82) is 0 Å². The number of hydroxylamine groups is 1. The molecule has 0 aliphatic carbocycles. The van der Waals surface area contributed by atoms with Crippen molar-refractivity contribution in [3.05, 3.63) is 66.4 Å². The average molecular weight is 396 g/mol. The van der Waals surface area contributed by atoms with Crippen molar-refractivity contribution >= 4 is 33.5 Å². The van der Waals surface area contributed by atoms with Crippen LogP contribution in [0.3, 0.4) is 0 Å². The summed E-state index contributed by atoms with van der Waals surface area (Å²) < 4.78 is 14.9. The summed E-state index contributed by atoms with van der Waals surface area (Å²) in [6.45, 7) is 2.69. The Morgan fingerprint density at radius 3 is 2.43 bits per heavy atom. The van der Waals surface area contributed by atoms with E-state index in [9.17, 15) is 9.00 Å². The maximum atomic E-state index is 13.0. The summed E-state index contributed by atoms with van der Waals surface area (Å²) in [4.78, 5) is 18.6. The molecule has 3 aromatic rings. The number of nitrogens with zero attached hydrogens (tertiary/aromatic N) is 3. The van der Waals surface area contributed by atoms with E-state index in [1.165, 1.54) is 6.20 Å². The molecule has 2 heterocycles. The molecule has 1 aromatic heterocycles. The number of hydrogen-bond acceptors (Lipinski definition) is 5. The summed E-state index contributed by atoms with van der Waals surface area (Å²) in [7, 11) is -1.20. The lowest BCUT2D eigenvalue weighted by molar-refractivity contribution is 0.0706. The standard InChI is InChI=1S/C20H20N4O3S/c25-20(22-26)17-6-8-19(21-14-17)23-9-11-24(12-10-23)28(27)18-7-5-15-3-1-2-4-16(15)13-18/h1-8,13-14,26H,9-12H2,(H,22,25). The van der Waals surface area contributed by atoms with Gasteiger partial charge in [-0.2, -0.15) is 0 Å². The van der Waals surface area contributed by atoms with E-state index in [-0.39, 0.29) is 0 Å². The van der Waals surface area contributed by atoms with Crippen LogP contribution < -0.4 is 10.4 Å². The van der Waals surface area contributed by atoms with Crippen LogP contribution in [-0.2, 0) is 11.0 Å². The highest BCUT2D eigenvalue weighted by Gasteiger charge is 2.23.